The third-order valence-corrected chi connectivity index (χ3v) is 5.29. The van der Waals surface area contributed by atoms with Gasteiger partial charge in [-0.05, 0) is 36.5 Å². The number of carbonyl (C=O) groups excluding carboxylic acids is 2. The van der Waals surface area contributed by atoms with E-state index in [-0.39, 0.29) is 11.2 Å². The molecule has 0 amide bonds. The number of Topliss-reactive ketones (excluding diaryl/α,β-unsaturated/α-hetero) is 1. The Morgan fingerprint density at radius 1 is 1.18 bits per heavy atom. The van der Waals surface area contributed by atoms with E-state index >= 15 is 0 Å². The lowest BCUT2D eigenvalue weighted by molar-refractivity contribution is -0.136. The van der Waals surface area contributed by atoms with E-state index in [0.717, 1.165) is 29.1 Å². The Balaban J connectivity index is 2.03. The van der Waals surface area contributed by atoms with Gasteiger partial charge in [0.25, 0.3) is 0 Å². The molecule has 1 aromatic carbocycles. The van der Waals surface area contributed by atoms with Crippen molar-refractivity contribution < 1.29 is 19.1 Å². The summed E-state index contributed by atoms with van der Waals surface area (Å²) >= 11 is 0. The van der Waals surface area contributed by atoms with Crippen LogP contribution in [-0.2, 0) is 14.3 Å². The Morgan fingerprint density at radius 3 is 2.46 bits per heavy atom. The van der Waals surface area contributed by atoms with Gasteiger partial charge in [0.15, 0.2) is 5.78 Å². The number of benzene rings is 1. The Labute approximate surface area is 166 Å². The molecule has 1 atom stereocenters. The molecule has 1 aliphatic heterocycles. The molecule has 148 valence electrons. The maximum Gasteiger partial charge on any atom is 0.336 e. The molecule has 5 heteroatoms. The largest absolute Gasteiger partial charge is 0.497 e. The zero-order chi connectivity index (χ0) is 20.5. The summed E-state index contributed by atoms with van der Waals surface area (Å²) in [6.07, 6.45) is 5.09. The van der Waals surface area contributed by atoms with Gasteiger partial charge >= 0.3 is 5.97 Å². The van der Waals surface area contributed by atoms with Crippen LogP contribution in [0.4, 0.5) is 0 Å². The van der Waals surface area contributed by atoms with E-state index in [1.165, 1.54) is 7.11 Å². The molecular weight excluding hydrogens is 354 g/mol. The molecule has 3 rings (SSSR count). The fourth-order valence-electron chi connectivity index (χ4n) is 3.98. The first kappa shape index (κ1) is 19.9. The van der Waals surface area contributed by atoms with Crippen LogP contribution in [0.3, 0.4) is 0 Å². The second-order valence-electron chi connectivity index (χ2n) is 8.10. The van der Waals surface area contributed by atoms with Crippen molar-refractivity contribution in [3.63, 3.8) is 0 Å². The first-order valence-electron chi connectivity index (χ1n) is 9.40. The van der Waals surface area contributed by atoms with Gasteiger partial charge in [0.05, 0.1) is 19.8 Å². The van der Waals surface area contributed by atoms with Crippen molar-refractivity contribution >= 4 is 17.8 Å². The standard InChI is InChI=1S/C23H27NO4/c1-14-20(22(26)28-5)17(11-8-15-6-9-16(27-4)10-7-15)21-18(24-14)12-23(2,3)13-19(21)25/h6-11,17,24H,12-13H2,1-5H3/b11-8+. The fraction of sp³-hybridized carbons (Fsp3) is 0.391. The molecule has 5 nitrogen and oxygen atoms in total. The van der Waals surface area contributed by atoms with Crippen LogP contribution in [0.1, 0.15) is 39.2 Å². The number of ketones is 1. The molecule has 0 bridgehead atoms. The molecule has 1 heterocycles. The number of methoxy groups -OCH3 is 2. The summed E-state index contributed by atoms with van der Waals surface area (Å²) in [4.78, 5) is 25.5. The highest BCUT2D eigenvalue weighted by molar-refractivity contribution is 6.03. The zero-order valence-electron chi connectivity index (χ0n) is 17.1. The molecule has 1 aromatic rings. The third-order valence-electron chi connectivity index (χ3n) is 5.29. The van der Waals surface area contributed by atoms with Crippen LogP contribution in [0.2, 0.25) is 0 Å². The lowest BCUT2D eigenvalue weighted by Crippen LogP contribution is -2.38. The normalized spacial score (nSPS) is 21.5. The number of allylic oxidation sites excluding steroid dienone is 4. The van der Waals surface area contributed by atoms with Gasteiger partial charge in [0.2, 0.25) is 0 Å². The molecule has 0 aromatic heterocycles. The quantitative estimate of drug-likeness (QED) is 0.798. The molecule has 1 unspecified atom stereocenters. The lowest BCUT2D eigenvalue weighted by Gasteiger charge is -2.38. The van der Waals surface area contributed by atoms with Gasteiger partial charge in [-0.15, -0.1) is 0 Å². The number of esters is 1. The maximum absolute atomic E-state index is 13.0. The van der Waals surface area contributed by atoms with Crippen molar-refractivity contribution in [2.24, 2.45) is 11.3 Å². The molecule has 28 heavy (non-hydrogen) atoms. The van der Waals surface area contributed by atoms with Crippen molar-refractivity contribution in [2.75, 3.05) is 14.2 Å². The molecule has 1 aliphatic carbocycles. The summed E-state index contributed by atoms with van der Waals surface area (Å²) in [7, 11) is 2.99. The van der Waals surface area contributed by atoms with E-state index < -0.39 is 11.9 Å². The predicted octanol–water partition coefficient (Wildman–Crippen LogP) is 4.02. The molecule has 0 fully saturated rings. The number of hydrogen-bond acceptors (Lipinski definition) is 5. The van der Waals surface area contributed by atoms with E-state index in [1.807, 2.05) is 43.3 Å². The molecule has 0 radical (unpaired) electrons. The smallest absolute Gasteiger partial charge is 0.336 e. The first-order chi connectivity index (χ1) is 13.3. The van der Waals surface area contributed by atoms with E-state index in [0.29, 0.717) is 17.6 Å². The topological polar surface area (TPSA) is 64.6 Å². The van der Waals surface area contributed by atoms with Gasteiger partial charge in [-0.1, -0.05) is 38.1 Å². The Morgan fingerprint density at radius 2 is 1.86 bits per heavy atom. The molecule has 2 aliphatic rings. The number of carbonyl (C=O) groups is 2. The van der Waals surface area contributed by atoms with Gasteiger partial charge in [-0.2, -0.15) is 0 Å². The van der Waals surface area contributed by atoms with Crippen molar-refractivity contribution in [2.45, 2.75) is 33.6 Å². The van der Waals surface area contributed by atoms with Crippen molar-refractivity contribution in [1.82, 2.24) is 5.32 Å². The Bertz CT molecular complexity index is 888. The third kappa shape index (κ3) is 3.88. The highest BCUT2D eigenvalue weighted by atomic mass is 16.5. The SMILES string of the molecule is COC(=O)C1=C(C)NC2=C(C(=O)CC(C)(C)C2)C1/C=C/c1ccc(OC)cc1. The summed E-state index contributed by atoms with van der Waals surface area (Å²) in [5.41, 5.74) is 3.67. The number of rotatable bonds is 4. The highest BCUT2D eigenvalue weighted by Gasteiger charge is 2.41. The summed E-state index contributed by atoms with van der Waals surface area (Å²) < 4.78 is 10.2. The molecule has 0 saturated heterocycles. The van der Waals surface area contributed by atoms with Gasteiger partial charge in [0, 0.05) is 29.3 Å². The van der Waals surface area contributed by atoms with Gasteiger partial charge in [0.1, 0.15) is 5.75 Å². The van der Waals surface area contributed by atoms with E-state index in [4.69, 9.17) is 9.47 Å². The van der Waals surface area contributed by atoms with Crippen LogP contribution in [0.5, 0.6) is 5.75 Å². The van der Waals surface area contributed by atoms with Crippen LogP contribution in [-0.4, -0.2) is 26.0 Å². The van der Waals surface area contributed by atoms with E-state index in [1.54, 1.807) is 7.11 Å². The van der Waals surface area contributed by atoms with Crippen LogP contribution in [0.15, 0.2) is 52.9 Å². The Kier molecular flexibility index (Phi) is 5.45. The van der Waals surface area contributed by atoms with E-state index in [9.17, 15) is 9.59 Å². The summed E-state index contributed by atoms with van der Waals surface area (Å²) in [6, 6.07) is 7.63. The minimum Gasteiger partial charge on any atom is -0.497 e. The first-order valence-corrected chi connectivity index (χ1v) is 9.40. The zero-order valence-corrected chi connectivity index (χ0v) is 17.1. The Hall–Kier alpha value is -2.82. The summed E-state index contributed by atoms with van der Waals surface area (Å²) in [6.45, 7) is 6.04. The highest BCUT2D eigenvalue weighted by Crippen LogP contribution is 2.43. The number of hydrogen-bond donors (Lipinski definition) is 1. The number of nitrogens with one attached hydrogen (secondary N) is 1. The molecule has 1 N–H and O–H groups in total. The molecule has 0 saturated carbocycles. The lowest BCUT2D eigenvalue weighted by atomic mass is 9.70. The van der Waals surface area contributed by atoms with E-state index in [2.05, 4.69) is 19.2 Å². The number of ether oxygens (including phenoxy) is 2. The fourth-order valence-corrected chi connectivity index (χ4v) is 3.98. The predicted molar refractivity (Wildman–Crippen MR) is 108 cm³/mol. The minimum atomic E-state index is -0.422. The van der Waals surface area contributed by atoms with Gasteiger partial charge in [-0.25, -0.2) is 4.79 Å². The van der Waals surface area contributed by atoms with Crippen molar-refractivity contribution in [3.8, 4) is 5.75 Å². The number of dihydropyridines is 1. The van der Waals surface area contributed by atoms with Crippen LogP contribution in [0.25, 0.3) is 6.08 Å². The minimum absolute atomic E-state index is 0.0806. The second-order valence-corrected chi connectivity index (χ2v) is 8.10. The van der Waals surface area contributed by atoms with Crippen LogP contribution in [0, 0.1) is 11.3 Å². The van der Waals surface area contributed by atoms with Crippen LogP contribution >= 0.6 is 0 Å². The average molecular weight is 381 g/mol. The van der Waals surface area contributed by atoms with Crippen LogP contribution < -0.4 is 10.1 Å². The monoisotopic (exact) mass is 381 g/mol. The van der Waals surface area contributed by atoms with Gasteiger partial charge in [-0.3, -0.25) is 4.79 Å². The second kappa shape index (κ2) is 7.66. The van der Waals surface area contributed by atoms with Crippen molar-refractivity contribution in [3.05, 3.63) is 58.4 Å². The molecule has 0 spiro atoms. The summed E-state index contributed by atoms with van der Waals surface area (Å²) in [5, 5.41) is 3.30. The summed E-state index contributed by atoms with van der Waals surface area (Å²) in [5.74, 6) is 0.0182. The molecular formula is C23H27NO4. The average Bonchev–Trinajstić information content (AvgIpc) is 2.64. The van der Waals surface area contributed by atoms with Crippen molar-refractivity contribution in [1.29, 1.82) is 0 Å². The maximum atomic E-state index is 13.0. The van der Waals surface area contributed by atoms with Gasteiger partial charge < -0.3 is 14.8 Å².